The lowest BCUT2D eigenvalue weighted by molar-refractivity contribution is -0.154. The Hall–Kier alpha value is -3.24. The average molecular weight is 366 g/mol. The lowest BCUT2D eigenvalue weighted by Crippen LogP contribution is -2.22. The third-order valence-electron chi connectivity index (χ3n) is 3.25. The highest BCUT2D eigenvalue weighted by Gasteiger charge is 2.28. The highest BCUT2D eigenvalue weighted by molar-refractivity contribution is 5.55. The molecule has 0 bridgehead atoms. The molecule has 8 nitrogen and oxygen atoms in total. The fourth-order valence-corrected chi connectivity index (χ4v) is 2.11. The quantitative estimate of drug-likeness (QED) is 0.679. The maximum atomic E-state index is 12.1. The first kappa shape index (κ1) is 17.6. The van der Waals surface area contributed by atoms with Crippen molar-refractivity contribution in [2.75, 3.05) is 6.61 Å². The summed E-state index contributed by atoms with van der Waals surface area (Å²) in [5, 5.41) is 8.26. The monoisotopic (exact) mass is 366 g/mol. The van der Waals surface area contributed by atoms with Crippen LogP contribution in [0.3, 0.4) is 0 Å². The van der Waals surface area contributed by atoms with Crippen molar-refractivity contribution in [1.82, 2.24) is 29.5 Å². The first-order valence-electron chi connectivity index (χ1n) is 7.38. The summed E-state index contributed by atoms with van der Waals surface area (Å²) in [5.41, 5.74) is 1.33. The molecular formula is C15H13F3N6O2. The molecule has 0 saturated carbocycles. The molecule has 0 spiro atoms. The predicted molar refractivity (Wildman–Crippen MR) is 83.4 cm³/mol. The third-order valence-corrected chi connectivity index (χ3v) is 3.25. The smallest absolute Gasteiger partial charge is 0.422 e. The maximum Gasteiger partial charge on any atom is 0.422 e. The van der Waals surface area contributed by atoms with Gasteiger partial charge in [0.15, 0.2) is 6.61 Å². The zero-order chi connectivity index (χ0) is 18.7. The van der Waals surface area contributed by atoms with Gasteiger partial charge in [0.2, 0.25) is 0 Å². The van der Waals surface area contributed by atoms with Crippen LogP contribution in [0.2, 0.25) is 0 Å². The van der Waals surface area contributed by atoms with Gasteiger partial charge < -0.3 is 4.74 Å². The summed E-state index contributed by atoms with van der Waals surface area (Å²) >= 11 is 0. The number of halogens is 3. The molecule has 3 aromatic rings. The second-order valence-corrected chi connectivity index (χ2v) is 5.39. The standard InChI is InChI=1S/C15H13F3N6O2/c1-23-7-10(4-21-23)8-24-13(25)3-2-12(22-24)11-5-19-14(20-6-11)26-9-15(16,17)18/h2-7H,8-9H2,1H3. The van der Waals surface area contributed by atoms with Crippen molar-refractivity contribution in [3.05, 3.63) is 52.8 Å². The van der Waals surface area contributed by atoms with Gasteiger partial charge in [-0.3, -0.25) is 9.48 Å². The van der Waals surface area contributed by atoms with E-state index in [4.69, 9.17) is 0 Å². The van der Waals surface area contributed by atoms with Crippen LogP contribution in [0.5, 0.6) is 6.01 Å². The molecule has 0 saturated heterocycles. The van der Waals surface area contributed by atoms with Gasteiger partial charge in [-0.1, -0.05) is 0 Å². The molecule has 0 aromatic carbocycles. The number of ether oxygens (including phenoxy) is 1. The minimum atomic E-state index is -4.47. The molecule has 0 aliphatic heterocycles. The van der Waals surface area contributed by atoms with Gasteiger partial charge in [-0.05, 0) is 6.07 Å². The molecule has 26 heavy (non-hydrogen) atoms. The first-order valence-corrected chi connectivity index (χ1v) is 7.38. The van der Waals surface area contributed by atoms with E-state index in [9.17, 15) is 18.0 Å². The molecule has 11 heteroatoms. The summed E-state index contributed by atoms with van der Waals surface area (Å²) in [5.74, 6) is 0. The minimum absolute atomic E-state index is 0.230. The normalized spacial score (nSPS) is 11.5. The van der Waals surface area contributed by atoms with E-state index in [1.165, 1.54) is 29.2 Å². The van der Waals surface area contributed by atoms with Crippen molar-refractivity contribution in [1.29, 1.82) is 0 Å². The van der Waals surface area contributed by atoms with Gasteiger partial charge >= 0.3 is 12.2 Å². The summed E-state index contributed by atoms with van der Waals surface area (Å²) in [6.07, 6.45) is 1.47. The second kappa shape index (κ2) is 6.94. The van der Waals surface area contributed by atoms with Crippen LogP contribution in [0.1, 0.15) is 5.56 Å². The molecule has 0 unspecified atom stereocenters. The molecule has 3 rings (SSSR count). The van der Waals surface area contributed by atoms with E-state index in [-0.39, 0.29) is 12.1 Å². The Bertz CT molecular complexity index is 949. The van der Waals surface area contributed by atoms with E-state index in [2.05, 4.69) is 24.9 Å². The van der Waals surface area contributed by atoms with Crippen molar-refractivity contribution in [3.8, 4) is 17.3 Å². The van der Waals surface area contributed by atoms with E-state index < -0.39 is 18.8 Å². The van der Waals surface area contributed by atoms with Crippen LogP contribution in [0.15, 0.2) is 41.7 Å². The highest BCUT2D eigenvalue weighted by Crippen LogP contribution is 2.18. The minimum Gasteiger partial charge on any atom is -0.454 e. The van der Waals surface area contributed by atoms with Gasteiger partial charge in [0.05, 0.1) is 18.4 Å². The van der Waals surface area contributed by atoms with Crippen molar-refractivity contribution < 1.29 is 17.9 Å². The van der Waals surface area contributed by atoms with Crippen LogP contribution in [-0.2, 0) is 13.6 Å². The Morgan fingerprint density at radius 1 is 1.15 bits per heavy atom. The third kappa shape index (κ3) is 4.43. The Morgan fingerprint density at radius 2 is 1.88 bits per heavy atom. The summed E-state index contributed by atoms with van der Waals surface area (Å²) in [6.45, 7) is -1.24. The molecule has 3 heterocycles. The van der Waals surface area contributed by atoms with Crippen LogP contribution < -0.4 is 10.3 Å². The van der Waals surface area contributed by atoms with Crippen molar-refractivity contribution in [2.45, 2.75) is 12.7 Å². The van der Waals surface area contributed by atoms with Crippen LogP contribution in [0.25, 0.3) is 11.3 Å². The molecule has 0 radical (unpaired) electrons. The maximum absolute atomic E-state index is 12.1. The summed E-state index contributed by atoms with van der Waals surface area (Å²) in [4.78, 5) is 19.4. The van der Waals surface area contributed by atoms with E-state index in [1.807, 2.05) is 0 Å². The number of rotatable bonds is 5. The Balaban J connectivity index is 1.78. The van der Waals surface area contributed by atoms with Crippen molar-refractivity contribution in [3.63, 3.8) is 0 Å². The van der Waals surface area contributed by atoms with Crippen LogP contribution >= 0.6 is 0 Å². The SMILES string of the molecule is Cn1cc(Cn2nc(-c3cnc(OCC(F)(F)F)nc3)ccc2=O)cn1. The fraction of sp³-hybridized carbons (Fsp3) is 0.267. The topological polar surface area (TPSA) is 87.7 Å². The molecule has 3 aromatic heterocycles. The largest absolute Gasteiger partial charge is 0.454 e. The van der Waals surface area contributed by atoms with Gasteiger partial charge in [-0.15, -0.1) is 0 Å². The van der Waals surface area contributed by atoms with E-state index in [0.29, 0.717) is 11.3 Å². The van der Waals surface area contributed by atoms with Gasteiger partial charge in [0.25, 0.3) is 5.56 Å². The van der Waals surface area contributed by atoms with Crippen molar-refractivity contribution in [2.24, 2.45) is 7.05 Å². The number of nitrogens with zero attached hydrogens (tertiary/aromatic N) is 6. The molecular weight excluding hydrogens is 353 g/mol. The number of hydrogen-bond donors (Lipinski definition) is 0. The predicted octanol–water partition coefficient (Wildman–Crippen LogP) is 1.42. The van der Waals surface area contributed by atoms with E-state index in [0.717, 1.165) is 5.56 Å². The zero-order valence-corrected chi connectivity index (χ0v) is 13.5. The number of hydrogen-bond acceptors (Lipinski definition) is 6. The van der Waals surface area contributed by atoms with Gasteiger partial charge in [-0.2, -0.15) is 23.4 Å². The molecule has 0 aliphatic carbocycles. The summed E-state index contributed by atoms with van der Waals surface area (Å²) in [6, 6.07) is 2.43. The van der Waals surface area contributed by atoms with Crippen LogP contribution in [-0.4, -0.2) is 42.3 Å². The first-order chi connectivity index (χ1) is 12.3. The Morgan fingerprint density at radius 3 is 2.50 bits per heavy atom. The average Bonchev–Trinajstić information content (AvgIpc) is 3.00. The number of alkyl halides is 3. The van der Waals surface area contributed by atoms with Gasteiger partial charge in [-0.25, -0.2) is 14.6 Å². The molecule has 136 valence electrons. The second-order valence-electron chi connectivity index (χ2n) is 5.39. The molecule has 0 atom stereocenters. The number of aryl methyl sites for hydroxylation is 1. The lowest BCUT2D eigenvalue weighted by atomic mass is 10.2. The van der Waals surface area contributed by atoms with Crippen LogP contribution in [0, 0.1) is 0 Å². The summed E-state index contributed by atoms with van der Waals surface area (Å²) in [7, 11) is 1.76. The van der Waals surface area contributed by atoms with E-state index in [1.54, 1.807) is 24.1 Å². The van der Waals surface area contributed by atoms with E-state index >= 15 is 0 Å². The fourth-order valence-electron chi connectivity index (χ4n) is 2.11. The molecule has 0 aliphatic rings. The Kier molecular flexibility index (Phi) is 4.69. The lowest BCUT2D eigenvalue weighted by Gasteiger charge is -2.08. The number of aromatic nitrogens is 6. The van der Waals surface area contributed by atoms with Crippen molar-refractivity contribution >= 4 is 0 Å². The Labute approximate surface area is 144 Å². The molecule has 0 amide bonds. The molecule has 0 N–H and O–H groups in total. The van der Waals surface area contributed by atoms with Crippen LogP contribution in [0.4, 0.5) is 13.2 Å². The van der Waals surface area contributed by atoms with Gasteiger partial charge in [0, 0.05) is 42.8 Å². The highest BCUT2D eigenvalue weighted by atomic mass is 19.4. The molecule has 0 fully saturated rings. The summed E-state index contributed by atoms with van der Waals surface area (Å²) < 4.78 is 43.7. The van der Waals surface area contributed by atoms with Gasteiger partial charge in [0.1, 0.15) is 0 Å². The zero-order valence-electron chi connectivity index (χ0n) is 13.5.